The van der Waals surface area contributed by atoms with Gasteiger partial charge in [-0.15, -0.1) is 0 Å². The molecule has 2 rings (SSSR count). The molecule has 1 N–H and O–H groups in total. The van der Waals surface area contributed by atoms with Gasteiger partial charge < -0.3 is 14.8 Å². The number of ether oxygens (including phenoxy) is 2. The van der Waals surface area contributed by atoms with Crippen molar-refractivity contribution in [3.05, 3.63) is 23.8 Å². The maximum Gasteiger partial charge on any atom is 0.180 e. The predicted octanol–water partition coefficient (Wildman–Crippen LogP) is 0.790. The van der Waals surface area contributed by atoms with E-state index in [0.29, 0.717) is 17.1 Å². The number of Topliss-reactive ketones (excluding diaryl/α,β-unsaturated/α-hetero) is 1. The van der Waals surface area contributed by atoms with Gasteiger partial charge in [0.25, 0.3) is 0 Å². The molecular formula is C14H20N2O3. The van der Waals surface area contributed by atoms with Crippen LogP contribution in [-0.4, -0.2) is 57.6 Å². The zero-order valence-electron chi connectivity index (χ0n) is 11.6. The molecule has 0 unspecified atom stereocenters. The van der Waals surface area contributed by atoms with Gasteiger partial charge in [0, 0.05) is 13.1 Å². The number of ketones is 1. The molecular weight excluding hydrogens is 244 g/mol. The minimum atomic E-state index is 0.00378. The zero-order valence-corrected chi connectivity index (χ0v) is 11.6. The summed E-state index contributed by atoms with van der Waals surface area (Å²) in [6.45, 7) is 2.03. The van der Waals surface area contributed by atoms with E-state index in [9.17, 15) is 4.79 Å². The lowest BCUT2D eigenvalue weighted by Gasteiger charge is -2.36. The minimum Gasteiger partial charge on any atom is -0.493 e. The van der Waals surface area contributed by atoms with Gasteiger partial charge in [-0.1, -0.05) is 6.07 Å². The van der Waals surface area contributed by atoms with Crippen LogP contribution in [0.25, 0.3) is 0 Å². The maximum absolute atomic E-state index is 12.1. The third-order valence-corrected chi connectivity index (χ3v) is 3.15. The highest BCUT2D eigenvalue weighted by Gasteiger charge is 2.28. The van der Waals surface area contributed by atoms with Crippen LogP contribution >= 0.6 is 0 Å². The predicted molar refractivity (Wildman–Crippen MR) is 73.2 cm³/mol. The fraction of sp³-hybridized carbons (Fsp3) is 0.500. The normalized spacial score (nSPS) is 15.9. The summed E-state index contributed by atoms with van der Waals surface area (Å²) in [5.41, 5.74) is 0.572. The van der Waals surface area contributed by atoms with Crippen LogP contribution in [0.3, 0.4) is 0 Å². The first-order chi connectivity index (χ1) is 9.15. The summed E-state index contributed by atoms with van der Waals surface area (Å²) >= 11 is 0. The molecule has 1 aliphatic rings. The second-order valence-corrected chi connectivity index (χ2v) is 4.75. The highest BCUT2D eigenvalue weighted by Crippen LogP contribution is 2.33. The number of benzene rings is 1. The lowest BCUT2D eigenvalue weighted by Crippen LogP contribution is -2.51. The van der Waals surface area contributed by atoms with E-state index in [4.69, 9.17) is 9.47 Å². The third kappa shape index (κ3) is 3.05. The number of carbonyl (C=O) groups excluding carboxylic acids is 1. The second kappa shape index (κ2) is 6.04. The van der Waals surface area contributed by atoms with Crippen LogP contribution in [0.4, 0.5) is 0 Å². The molecule has 104 valence electrons. The molecule has 1 aromatic rings. The van der Waals surface area contributed by atoms with Crippen LogP contribution in [0.15, 0.2) is 18.2 Å². The summed E-state index contributed by atoms with van der Waals surface area (Å²) in [5, 5.41) is 2.86. The summed E-state index contributed by atoms with van der Waals surface area (Å²) in [6.07, 6.45) is 0.127. The first-order valence-electron chi connectivity index (χ1n) is 6.35. The molecule has 1 aliphatic heterocycles. The number of carbonyl (C=O) groups is 1. The number of nitrogens with zero attached hydrogens (tertiary/aromatic N) is 1. The number of hydrogen-bond acceptors (Lipinski definition) is 5. The Balaban J connectivity index is 2.23. The number of methoxy groups -OCH3 is 1. The second-order valence-electron chi connectivity index (χ2n) is 4.75. The summed E-state index contributed by atoms with van der Waals surface area (Å²) in [4.78, 5) is 14.2. The van der Waals surface area contributed by atoms with E-state index in [1.807, 2.05) is 19.2 Å². The smallest absolute Gasteiger partial charge is 0.180 e. The van der Waals surface area contributed by atoms with Gasteiger partial charge in [0.15, 0.2) is 17.3 Å². The maximum atomic E-state index is 12.1. The number of likely N-dealkylation sites (N-methyl/N-ethyl adjacent to an activating group) is 2. The van der Waals surface area contributed by atoms with E-state index in [1.165, 1.54) is 0 Å². The Kier molecular flexibility index (Phi) is 4.39. The van der Waals surface area contributed by atoms with Gasteiger partial charge in [-0.3, -0.25) is 9.69 Å². The van der Waals surface area contributed by atoms with Crippen molar-refractivity contribution in [2.24, 2.45) is 0 Å². The van der Waals surface area contributed by atoms with Crippen molar-refractivity contribution >= 4 is 5.78 Å². The summed E-state index contributed by atoms with van der Waals surface area (Å²) in [5.74, 6) is 1.17. The number of nitrogens with one attached hydrogen (secondary N) is 1. The first kappa shape index (κ1) is 13.8. The van der Waals surface area contributed by atoms with Crippen LogP contribution in [0.5, 0.6) is 11.5 Å². The molecule has 19 heavy (non-hydrogen) atoms. The van der Waals surface area contributed by atoms with E-state index in [2.05, 4.69) is 10.2 Å². The van der Waals surface area contributed by atoms with Gasteiger partial charge in [-0.2, -0.15) is 0 Å². The minimum absolute atomic E-state index is 0.00378. The lowest BCUT2D eigenvalue weighted by molar-refractivity contribution is 0.0362. The van der Waals surface area contributed by atoms with Gasteiger partial charge >= 0.3 is 0 Å². The molecule has 1 heterocycles. The molecule has 0 aliphatic carbocycles. The van der Waals surface area contributed by atoms with Gasteiger partial charge in [0.1, 0.15) is 6.10 Å². The molecule has 0 aromatic heterocycles. The van der Waals surface area contributed by atoms with Crippen LogP contribution < -0.4 is 14.8 Å². The van der Waals surface area contributed by atoms with Crippen molar-refractivity contribution in [3.8, 4) is 11.5 Å². The van der Waals surface area contributed by atoms with Crippen LogP contribution in [0, 0.1) is 0 Å². The van der Waals surface area contributed by atoms with E-state index in [-0.39, 0.29) is 18.4 Å². The highest BCUT2D eigenvalue weighted by atomic mass is 16.5. The zero-order chi connectivity index (χ0) is 13.8. The SMILES string of the molecule is CNCC(=O)c1cccc(OC)c1OC1CN(C)C1. The summed E-state index contributed by atoms with van der Waals surface area (Å²) in [7, 11) is 5.37. The number of hydrogen-bond donors (Lipinski definition) is 1. The van der Waals surface area contributed by atoms with Crippen molar-refractivity contribution in [3.63, 3.8) is 0 Å². The Bertz CT molecular complexity index is 456. The molecule has 1 saturated heterocycles. The van der Waals surface area contributed by atoms with Crippen molar-refractivity contribution in [1.29, 1.82) is 0 Å². The van der Waals surface area contributed by atoms with Gasteiger partial charge in [-0.05, 0) is 26.2 Å². The number of rotatable bonds is 6. The Labute approximate surface area is 113 Å². The molecule has 0 saturated carbocycles. The van der Waals surface area contributed by atoms with E-state index < -0.39 is 0 Å². The molecule has 0 amide bonds. The largest absolute Gasteiger partial charge is 0.493 e. The van der Waals surface area contributed by atoms with Crippen LogP contribution in [0.1, 0.15) is 10.4 Å². The summed E-state index contributed by atoms with van der Waals surface area (Å²) in [6, 6.07) is 5.40. The van der Waals surface area contributed by atoms with Crippen LogP contribution in [0.2, 0.25) is 0 Å². The monoisotopic (exact) mass is 264 g/mol. The quantitative estimate of drug-likeness (QED) is 0.770. The molecule has 1 aromatic carbocycles. The third-order valence-electron chi connectivity index (χ3n) is 3.15. The standard InChI is InChI=1S/C14H20N2O3/c1-15-7-12(17)11-5-4-6-13(18-3)14(11)19-10-8-16(2)9-10/h4-6,10,15H,7-9H2,1-3H3. The molecule has 0 atom stereocenters. The first-order valence-corrected chi connectivity index (χ1v) is 6.35. The van der Waals surface area contributed by atoms with Crippen molar-refractivity contribution in [2.75, 3.05) is 40.8 Å². The number of likely N-dealkylation sites (tertiary alicyclic amines) is 1. The number of para-hydroxylation sites is 1. The van der Waals surface area contributed by atoms with Crippen molar-refractivity contribution in [2.45, 2.75) is 6.10 Å². The van der Waals surface area contributed by atoms with Crippen molar-refractivity contribution in [1.82, 2.24) is 10.2 Å². The Morgan fingerprint density at radius 3 is 2.79 bits per heavy atom. The molecule has 0 bridgehead atoms. The topological polar surface area (TPSA) is 50.8 Å². The molecule has 1 fully saturated rings. The average molecular weight is 264 g/mol. The van der Waals surface area contributed by atoms with E-state index >= 15 is 0 Å². The lowest BCUT2D eigenvalue weighted by atomic mass is 10.1. The Hall–Kier alpha value is -1.59. The van der Waals surface area contributed by atoms with Gasteiger partial charge in [0.2, 0.25) is 0 Å². The molecule has 5 heteroatoms. The van der Waals surface area contributed by atoms with E-state index in [0.717, 1.165) is 13.1 Å². The Morgan fingerprint density at radius 2 is 2.21 bits per heavy atom. The summed E-state index contributed by atoms with van der Waals surface area (Å²) < 4.78 is 11.2. The highest BCUT2D eigenvalue weighted by molar-refractivity contribution is 6.00. The van der Waals surface area contributed by atoms with Crippen molar-refractivity contribution < 1.29 is 14.3 Å². The van der Waals surface area contributed by atoms with E-state index in [1.54, 1.807) is 20.2 Å². The fourth-order valence-corrected chi connectivity index (χ4v) is 2.16. The Morgan fingerprint density at radius 1 is 1.47 bits per heavy atom. The van der Waals surface area contributed by atoms with Gasteiger partial charge in [-0.25, -0.2) is 0 Å². The fourth-order valence-electron chi connectivity index (χ4n) is 2.16. The molecule has 0 radical (unpaired) electrons. The molecule has 5 nitrogen and oxygen atoms in total. The average Bonchev–Trinajstić information content (AvgIpc) is 2.37. The van der Waals surface area contributed by atoms with Gasteiger partial charge in [0.05, 0.1) is 19.2 Å². The molecule has 0 spiro atoms. The van der Waals surface area contributed by atoms with Crippen LogP contribution in [-0.2, 0) is 0 Å².